The van der Waals surface area contributed by atoms with Crippen LogP contribution >= 0.6 is 0 Å². The summed E-state index contributed by atoms with van der Waals surface area (Å²) in [6, 6.07) is 8.60. The zero-order valence-corrected chi connectivity index (χ0v) is 15.1. The summed E-state index contributed by atoms with van der Waals surface area (Å²) in [7, 11) is 1.58. The predicted octanol–water partition coefficient (Wildman–Crippen LogP) is 3.38. The molecule has 0 radical (unpaired) electrons. The fraction of sp³-hybridized carbons (Fsp3) is 0.632. The summed E-state index contributed by atoms with van der Waals surface area (Å²) >= 11 is 0. The second-order valence-corrected chi connectivity index (χ2v) is 6.56. The largest absolute Gasteiger partial charge is 0.380 e. The highest BCUT2D eigenvalue weighted by Gasteiger charge is 2.20. The normalized spacial score (nSPS) is 15.3. The lowest BCUT2D eigenvalue weighted by molar-refractivity contribution is -0.124. The summed E-state index contributed by atoms with van der Waals surface area (Å²) in [6.45, 7) is 9.00. The fourth-order valence-electron chi connectivity index (χ4n) is 2.60. The van der Waals surface area contributed by atoms with Crippen molar-refractivity contribution in [1.29, 1.82) is 0 Å². The zero-order valence-electron chi connectivity index (χ0n) is 15.1. The average molecular weight is 320 g/mol. The van der Waals surface area contributed by atoms with Crippen molar-refractivity contribution in [3.05, 3.63) is 35.4 Å². The molecule has 23 heavy (non-hydrogen) atoms. The number of carbonyl (C=O) groups is 1. The number of amides is 1. The van der Waals surface area contributed by atoms with E-state index in [2.05, 4.69) is 57.3 Å². The van der Waals surface area contributed by atoms with E-state index < -0.39 is 0 Å². The standard InChI is InChI=1S/C19H32N2O2/c1-6-14(4)15-7-9-16(10-8-15)19(13(2)3)21-18(22)11-17(12-20)23-5/h7-10,13-14,17,19H,6,11-12,20H2,1-5H3,(H,21,22). The van der Waals surface area contributed by atoms with Gasteiger partial charge in [-0.3, -0.25) is 4.79 Å². The molecule has 3 unspecified atom stereocenters. The summed E-state index contributed by atoms with van der Waals surface area (Å²) in [5.41, 5.74) is 8.07. The van der Waals surface area contributed by atoms with Crippen molar-refractivity contribution < 1.29 is 9.53 Å². The molecule has 1 amide bonds. The topological polar surface area (TPSA) is 64.4 Å². The molecule has 0 spiro atoms. The van der Waals surface area contributed by atoms with E-state index in [1.165, 1.54) is 5.56 Å². The highest BCUT2D eigenvalue weighted by atomic mass is 16.5. The molecule has 1 aromatic carbocycles. The molecule has 1 aromatic rings. The maximum absolute atomic E-state index is 12.2. The highest BCUT2D eigenvalue weighted by molar-refractivity contribution is 5.77. The zero-order chi connectivity index (χ0) is 17.4. The molecule has 1 rings (SSSR count). The lowest BCUT2D eigenvalue weighted by Gasteiger charge is -2.24. The SMILES string of the molecule is CCC(C)c1ccc(C(NC(=O)CC(CN)OC)C(C)C)cc1. The van der Waals surface area contributed by atoms with Crippen LogP contribution in [-0.4, -0.2) is 25.7 Å². The van der Waals surface area contributed by atoms with Crippen LogP contribution < -0.4 is 11.1 Å². The van der Waals surface area contributed by atoms with Crippen molar-refractivity contribution in [2.45, 2.75) is 58.6 Å². The number of carbonyl (C=O) groups excluding carboxylic acids is 1. The van der Waals surface area contributed by atoms with Gasteiger partial charge in [0.05, 0.1) is 18.6 Å². The number of hydrogen-bond donors (Lipinski definition) is 2. The molecule has 4 nitrogen and oxygen atoms in total. The third-order valence-corrected chi connectivity index (χ3v) is 4.47. The van der Waals surface area contributed by atoms with Crippen LogP contribution in [0.2, 0.25) is 0 Å². The molecule has 0 bridgehead atoms. The van der Waals surface area contributed by atoms with E-state index in [1.54, 1.807) is 7.11 Å². The van der Waals surface area contributed by atoms with Gasteiger partial charge in [-0.1, -0.05) is 52.0 Å². The van der Waals surface area contributed by atoms with E-state index in [9.17, 15) is 4.79 Å². The van der Waals surface area contributed by atoms with E-state index in [4.69, 9.17) is 10.5 Å². The minimum absolute atomic E-state index is 0.00348. The molecule has 0 aliphatic heterocycles. The smallest absolute Gasteiger partial charge is 0.223 e. The maximum atomic E-state index is 12.2. The number of nitrogens with one attached hydrogen (secondary N) is 1. The van der Waals surface area contributed by atoms with Crippen LogP contribution in [0.25, 0.3) is 0 Å². The Hall–Kier alpha value is -1.39. The third-order valence-electron chi connectivity index (χ3n) is 4.47. The fourth-order valence-corrected chi connectivity index (χ4v) is 2.60. The van der Waals surface area contributed by atoms with Crippen molar-refractivity contribution in [1.82, 2.24) is 5.32 Å². The van der Waals surface area contributed by atoms with E-state index in [-0.39, 0.29) is 18.1 Å². The summed E-state index contributed by atoms with van der Waals surface area (Å²) in [5.74, 6) is 0.849. The van der Waals surface area contributed by atoms with Crippen LogP contribution in [0.3, 0.4) is 0 Å². The number of benzene rings is 1. The lowest BCUT2D eigenvalue weighted by atomic mass is 9.92. The molecule has 0 saturated heterocycles. The summed E-state index contributed by atoms with van der Waals surface area (Å²) in [5, 5.41) is 3.12. The van der Waals surface area contributed by atoms with Gasteiger partial charge < -0.3 is 15.8 Å². The molecule has 3 atom stereocenters. The van der Waals surface area contributed by atoms with E-state index in [0.29, 0.717) is 24.8 Å². The van der Waals surface area contributed by atoms with Gasteiger partial charge in [-0.05, 0) is 29.4 Å². The minimum atomic E-state index is -0.226. The van der Waals surface area contributed by atoms with E-state index in [0.717, 1.165) is 12.0 Å². The first-order valence-electron chi connectivity index (χ1n) is 8.54. The van der Waals surface area contributed by atoms with Gasteiger partial charge in [0.25, 0.3) is 0 Å². The van der Waals surface area contributed by atoms with Crippen molar-refractivity contribution >= 4 is 5.91 Å². The van der Waals surface area contributed by atoms with Gasteiger partial charge in [-0.15, -0.1) is 0 Å². The number of methoxy groups -OCH3 is 1. The molecule has 0 aliphatic carbocycles. The summed E-state index contributed by atoms with van der Waals surface area (Å²) in [4.78, 5) is 12.2. The van der Waals surface area contributed by atoms with Crippen LogP contribution in [0.5, 0.6) is 0 Å². The van der Waals surface area contributed by atoms with Crippen molar-refractivity contribution in [3.63, 3.8) is 0 Å². The predicted molar refractivity (Wildman–Crippen MR) is 95.3 cm³/mol. The average Bonchev–Trinajstić information content (AvgIpc) is 2.56. The van der Waals surface area contributed by atoms with E-state index >= 15 is 0 Å². The van der Waals surface area contributed by atoms with Gasteiger partial charge in [0.15, 0.2) is 0 Å². The first kappa shape index (κ1) is 19.7. The third kappa shape index (κ3) is 5.96. The van der Waals surface area contributed by atoms with E-state index in [1.807, 2.05) is 0 Å². The number of ether oxygens (including phenoxy) is 1. The van der Waals surface area contributed by atoms with Gasteiger partial charge in [0.2, 0.25) is 5.91 Å². The molecule has 0 heterocycles. The second kappa shape index (κ2) is 9.68. The lowest BCUT2D eigenvalue weighted by Crippen LogP contribution is -2.36. The Bertz CT molecular complexity index is 467. The van der Waals surface area contributed by atoms with Gasteiger partial charge >= 0.3 is 0 Å². The van der Waals surface area contributed by atoms with Crippen molar-refractivity contribution in [3.8, 4) is 0 Å². The number of hydrogen-bond acceptors (Lipinski definition) is 3. The Balaban J connectivity index is 2.80. The Kier molecular flexibility index (Phi) is 8.28. The molecule has 0 aromatic heterocycles. The summed E-state index contributed by atoms with van der Waals surface area (Å²) in [6.07, 6.45) is 1.19. The Morgan fingerprint density at radius 1 is 1.17 bits per heavy atom. The monoisotopic (exact) mass is 320 g/mol. The number of rotatable bonds is 9. The molecule has 0 saturated carbocycles. The van der Waals surface area contributed by atoms with Crippen molar-refractivity contribution in [2.75, 3.05) is 13.7 Å². The van der Waals surface area contributed by atoms with Crippen LogP contribution in [0.4, 0.5) is 0 Å². The van der Waals surface area contributed by atoms with Gasteiger partial charge in [0, 0.05) is 13.7 Å². The molecular formula is C19H32N2O2. The molecular weight excluding hydrogens is 288 g/mol. The van der Waals surface area contributed by atoms with Gasteiger partial charge in [0.1, 0.15) is 0 Å². The maximum Gasteiger partial charge on any atom is 0.223 e. The van der Waals surface area contributed by atoms with Crippen molar-refractivity contribution in [2.24, 2.45) is 11.7 Å². The minimum Gasteiger partial charge on any atom is -0.380 e. The Labute approximate surface area is 140 Å². The molecule has 0 fully saturated rings. The van der Waals surface area contributed by atoms with Crippen LogP contribution in [0.1, 0.15) is 63.6 Å². The molecule has 0 aliphatic rings. The number of nitrogens with two attached hydrogens (primary N) is 1. The van der Waals surface area contributed by atoms with Gasteiger partial charge in [-0.25, -0.2) is 0 Å². The molecule has 4 heteroatoms. The van der Waals surface area contributed by atoms with Gasteiger partial charge in [-0.2, -0.15) is 0 Å². The summed E-state index contributed by atoms with van der Waals surface area (Å²) < 4.78 is 5.19. The van der Waals surface area contributed by atoms with Crippen LogP contribution in [0, 0.1) is 5.92 Å². The molecule has 3 N–H and O–H groups in total. The second-order valence-electron chi connectivity index (χ2n) is 6.56. The first-order valence-corrected chi connectivity index (χ1v) is 8.54. The van der Waals surface area contributed by atoms with Crippen LogP contribution in [-0.2, 0) is 9.53 Å². The first-order chi connectivity index (χ1) is 10.9. The molecule has 130 valence electrons. The Morgan fingerprint density at radius 2 is 1.74 bits per heavy atom. The highest BCUT2D eigenvalue weighted by Crippen LogP contribution is 2.25. The Morgan fingerprint density at radius 3 is 2.17 bits per heavy atom. The van der Waals surface area contributed by atoms with Crippen LogP contribution in [0.15, 0.2) is 24.3 Å². The quantitative estimate of drug-likeness (QED) is 0.733.